The number of methoxy groups -OCH3 is 1. The highest BCUT2D eigenvalue weighted by Crippen LogP contribution is 2.44. The van der Waals surface area contributed by atoms with E-state index in [2.05, 4.69) is 29.6 Å². The number of carbonyl (C=O) groups is 3. The lowest BCUT2D eigenvalue weighted by Gasteiger charge is -2.25. The lowest BCUT2D eigenvalue weighted by molar-refractivity contribution is -0.155. The summed E-state index contributed by atoms with van der Waals surface area (Å²) in [7, 11) is 3.05. The average molecular weight is 545 g/mol. The molecular weight excluding hydrogens is 508 g/mol. The zero-order valence-electron chi connectivity index (χ0n) is 23.7. The Morgan fingerprint density at radius 2 is 1.55 bits per heavy atom. The van der Waals surface area contributed by atoms with E-state index in [9.17, 15) is 14.4 Å². The quantitative estimate of drug-likeness (QED) is 0.373. The van der Waals surface area contributed by atoms with Crippen LogP contribution in [0.4, 0.5) is 4.79 Å². The van der Waals surface area contributed by atoms with Crippen molar-refractivity contribution in [3.8, 4) is 16.9 Å². The molecule has 8 nitrogen and oxygen atoms in total. The molecule has 0 spiro atoms. The van der Waals surface area contributed by atoms with Crippen molar-refractivity contribution in [1.29, 1.82) is 0 Å². The largest absolute Gasteiger partial charge is 0.496 e. The first-order chi connectivity index (χ1) is 19.1. The molecule has 210 valence electrons. The van der Waals surface area contributed by atoms with Crippen LogP contribution in [0.1, 0.15) is 53.7 Å². The molecule has 1 aliphatic rings. The van der Waals surface area contributed by atoms with Crippen molar-refractivity contribution < 1.29 is 28.6 Å². The van der Waals surface area contributed by atoms with Crippen LogP contribution in [0.3, 0.4) is 0 Å². The highest BCUT2D eigenvalue weighted by Gasteiger charge is 2.30. The van der Waals surface area contributed by atoms with E-state index < -0.39 is 17.7 Å². The predicted molar refractivity (Wildman–Crippen MR) is 153 cm³/mol. The minimum Gasteiger partial charge on any atom is -0.496 e. The van der Waals surface area contributed by atoms with Crippen LogP contribution in [0, 0.1) is 0 Å². The van der Waals surface area contributed by atoms with Gasteiger partial charge >= 0.3 is 12.1 Å². The van der Waals surface area contributed by atoms with Crippen LogP contribution in [-0.2, 0) is 20.7 Å². The fraction of sp³-hybridized carbons (Fsp3) is 0.344. The summed E-state index contributed by atoms with van der Waals surface area (Å²) in [4.78, 5) is 39.5. The Kier molecular flexibility index (Phi) is 8.77. The number of rotatable bonds is 9. The fourth-order valence-corrected chi connectivity index (χ4v) is 4.93. The first-order valence-corrected chi connectivity index (χ1v) is 13.3. The first-order valence-electron chi connectivity index (χ1n) is 13.3. The Morgan fingerprint density at radius 3 is 2.12 bits per heavy atom. The van der Waals surface area contributed by atoms with Crippen molar-refractivity contribution in [3.63, 3.8) is 0 Å². The van der Waals surface area contributed by atoms with Gasteiger partial charge in [-0.15, -0.1) is 0 Å². The molecular formula is C32H36N2O6. The van der Waals surface area contributed by atoms with Crippen molar-refractivity contribution in [1.82, 2.24) is 10.2 Å². The number of fused-ring (bicyclic) bond motifs is 3. The summed E-state index contributed by atoms with van der Waals surface area (Å²) in [5.74, 6) is -0.444. The van der Waals surface area contributed by atoms with Gasteiger partial charge < -0.3 is 19.5 Å². The second-order valence-corrected chi connectivity index (χ2v) is 10.7. The van der Waals surface area contributed by atoms with E-state index in [0.29, 0.717) is 17.7 Å². The maximum absolute atomic E-state index is 13.4. The third kappa shape index (κ3) is 6.62. The Balaban J connectivity index is 1.50. The number of carbonyl (C=O) groups excluding carboxylic acids is 3. The van der Waals surface area contributed by atoms with Gasteiger partial charge in [0.15, 0.2) is 0 Å². The summed E-state index contributed by atoms with van der Waals surface area (Å²) >= 11 is 0. The second kappa shape index (κ2) is 12.2. The topological polar surface area (TPSA) is 94.2 Å². The molecule has 40 heavy (non-hydrogen) atoms. The zero-order valence-corrected chi connectivity index (χ0v) is 23.7. The molecule has 3 aromatic rings. The Labute approximate surface area is 235 Å². The molecule has 0 atom stereocenters. The number of esters is 1. The standard InChI is InChI=1S/C32H36N2O6/c1-32(2,3)40-29(35)19-34(17-16-21-14-15-26(30(36)33-4)28(18-21)38-5)31(37)39-20-27-24-12-8-6-10-22(24)23-11-7-9-13-25(23)27/h6-15,18,27H,16-17,19-20H2,1-5H3,(H,33,36). The van der Waals surface area contributed by atoms with Crippen molar-refractivity contribution in [2.45, 2.75) is 38.7 Å². The van der Waals surface area contributed by atoms with Gasteiger partial charge in [0.2, 0.25) is 0 Å². The molecule has 0 saturated heterocycles. The number of amides is 2. The monoisotopic (exact) mass is 544 g/mol. The van der Waals surface area contributed by atoms with E-state index in [-0.39, 0.29) is 31.5 Å². The van der Waals surface area contributed by atoms with Gasteiger partial charge in [0.25, 0.3) is 5.91 Å². The van der Waals surface area contributed by atoms with Crippen molar-refractivity contribution in [2.75, 3.05) is 33.9 Å². The Morgan fingerprint density at radius 1 is 0.925 bits per heavy atom. The van der Waals surface area contributed by atoms with Crippen LogP contribution < -0.4 is 10.1 Å². The van der Waals surface area contributed by atoms with Crippen LogP contribution in [0.25, 0.3) is 11.1 Å². The molecule has 0 unspecified atom stereocenters. The zero-order chi connectivity index (χ0) is 28.9. The number of hydrogen-bond donors (Lipinski definition) is 1. The van der Waals surface area contributed by atoms with Crippen LogP contribution in [-0.4, -0.2) is 62.3 Å². The predicted octanol–water partition coefficient (Wildman–Crippen LogP) is 5.19. The molecule has 0 saturated carbocycles. The maximum Gasteiger partial charge on any atom is 0.410 e. The summed E-state index contributed by atoms with van der Waals surface area (Å²) < 4.78 is 16.7. The van der Waals surface area contributed by atoms with Crippen molar-refractivity contribution in [2.24, 2.45) is 0 Å². The van der Waals surface area contributed by atoms with E-state index in [1.807, 2.05) is 24.3 Å². The van der Waals surface area contributed by atoms with Crippen LogP contribution in [0.2, 0.25) is 0 Å². The highest BCUT2D eigenvalue weighted by atomic mass is 16.6. The molecule has 8 heteroatoms. The average Bonchev–Trinajstić information content (AvgIpc) is 3.26. The van der Waals surface area contributed by atoms with E-state index in [4.69, 9.17) is 14.2 Å². The number of nitrogens with one attached hydrogen (secondary N) is 1. The lowest BCUT2D eigenvalue weighted by atomic mass is 9.98. The number of ether oxygens (including phenoxy) is 3. The minimum atomic E-state index is -0.688. The number of benzene rings is 3. The molecule has 0 fully saturated rings. The Hall–Kier alpha value is -4.33. The number of hydrogen-bond acceptors (Lipinski definition) is 6. The summed E-state index contributed by atoms with van der Waals surface area (Å²) in [6, 6.07) is 21.5. The number of nitrogens with zero attached hydrogens (tertiary/aromatic N) is 1. The molecule has 1 N–H and O–H groups in total. The van der Waals surface area contributed by atoms with Gasteiger partial charge in [-0.05, 0) is 67.1 Å². The van der Waals surface area contributed by atoms with Gasteiger partial charge in [-0.25, -0.2) is 4.79 Å². The third-order valence-electron chi connectivity index (χ3n) is 6.74. The summed E-state index contributed by atoms with van der Waals surface area (Å²) in [6.45, 7) is 5.45. The van der Waals surface area contributed by atoms with Gasteiger partial charge in [0, 0.05) is 19.5 Å². The van der Waals surface area contributed by atoms with Crippen molar-refractivity contribution >= 4 is 18.0 Å². The maximum atomic E-state index is 13.4. The molecule has 1 aliphatic carbocycles. The molecule has 0 aliphatic heterocycles. The first kappa shape index (κ1) is 28.7. The van der Waals surface area contributed by atoms with E-state index in [1.54, 1.807) is 46.0 Å². The van der Waals surface area contributed by atoms with Crippen LogP contribution >= 0.6 is 0 Å². The fourth-order valence-electron chi connectivity index (χ4n) is 4.93. The lowest BCUT2D eigenvalue weighted by Crippen LogP contribution is -2.40. The van der Waals surface area contributed by atoms with Gasteiger partial charge in [-0.3, -0.25) is 14.5 Å². The molecule has 0 bridgehead atoms. The molecule has 0 aromatic heterocycles. The normalized spacial score (nSPS) is 12.2. The van der Waals surface area contributed by atoms with Gasteiger partial charge in [-0.2, -0.15) is 0 Å². The molecule has 2 amide bonds. The summed E-state index contributed by atoms with van der Waals surface area (Å²) in [5, 5.41) is 2.59. The van der Waals surface area contributed by atoms with E-state index in [0.717, 1.165) is 27.8 Å². The third-order valence-corrected chi connectivity index (χ3v) is 6.74. The van der Waals surface area contributed by atoms with Crippen LogP contribution in [0.5, 0.6) is 5.75 Å². The van der Waals surface area contributed by atoms with Gasteiger partial charge in [0.05, 0.1) is 12.7 Å². The SMILES string of the molecule is CNC(=O)c1ccc(CCN(CC(=O)OC(C)(C)C)C(=O)OCC2c3ccccc3-c3ccccc32)cc1OC. The van der Waals surface area contributed by atoms with Gasteiger partial charge in [0.1, 0.15) is 24.5 Å². The summed E-state index contributed by atoms with van der Waals surface area (Å²) in [6.07, 6.45) is -0.182. The summed E-state index contributed by atoms with van der Waals surface area (Å²) in [5.41, 5.74) is 5.06. The van der Waals surface area contributed by atoms with E-state index >= 15 is 0 Å². The molecule has 3 aromatic carbocycles. The minimum absolute atomic E-state index is 0.0961. The smallest absolute Gasteiger partial charge is 0.410 e. The highest BCUT2D eigenvalue weighted by molar-refractivity contribution is 5.96. The van der Waals surface area contributed by atoms with Gasteiger partial charge in [-0.1, -0.05) is 54.6 Å². The van der Waals surface area contributed by atoms with E-state index in [1.165, 1.54) is 12.0 Å². The molecule has 0 heterocycles. The van der Waals surface area contributed by atoms with Crippen LogP contribution in [0.15, 0.2) is 66.7 Å². The molecule has 4 rings (SSSR count). The van der Waals surface area contributed by atoms with Crippen molar-refractivity contribution in [3.05, 3.63) is 89.0 Å². The molecule has 0 radical (unpaired) electrons. The Bertz CT molecular complexity index is 1350. The second-order valence-electron chi connectivity index (χ2n) is 10.7.